The summed E-state index contributed by atoms with van der Waals surface area (Å²) in [5, 5.41) is 9.91. The Morgan fingerprint density at radius 1 is 1.41 bits per heavy atom. The quantitative estimate of drug-likeness (QED) is 0.818. The molecule has 1 heterocycles. The number of Topliss-reactive ketones (excluding diaryl/α,β-unsaturated/α-hetero) is 1. The molecule has 1 aliphatic carbocycles. The van der Waals surface area contributed by atoms with Crippen LogP contribution in [0.25, 0.3) is 11.0 Å². The number of halogens is 1. The van der Waals surface area contributed by atoms with E-state index in [0.717, 1.165) is 40.5 Å². The maximum absolute atomic E-state index is 12.9. The molecule has 2 aromatic rings. The second-order valence-corrected chi connectivity index (χ2v) is 7.50. The van der Waals surface area contributed by atoms with Crippen molar-refractivity contribution in [3.8, 4) is 0 Å². The van der Waals surface area contributed by atoms with Crippen LogP contribution < -0.4 is 0 Å². The summed E-state index contributed by atoms with van der Waals surface area (Å²) >= 11 is 3.64. The fourth-order valence-corrected chi connectivity index (χ4v) is 4.27. The molecule has 0 bridgehead atoms. The average Bonchev–Trinajstić information content (AvgIpc) is 2.99. The molecule has 1 aromatic heterocycles. The zero-order valence-corrected chi connectivity index (χ0v) is 14.3. The first-order valence-electron chi connectivity index (χ1n) is 7.32. The third-order valence-corrected chi connectivity index (χ3v) is 5.62. The van der Waals surface area contributed by atoms with E-state index in [1.54, 1.807) is 6.07 Å². The first kappa shape index (κ1) is 15.3. The molecule has 4 nitrogen and oxygen atoms in total. The second-order valence-electron chi connectivity index (χ2n) is 5.98. The third kappa shape index (κ3) is 1.95. The summed E-state index contributed by atoms with van der Waals surface area (Å²) in [6.07, 6.45) is 2.23. The average molecular weight is 365 g/mol. The number of hydrogen-bond acceptors (Lipinski definition) is 3. The number of alkyl halides is 1. The van der Waals surface area contributed by atoms with Gasteiger partial charge in [-0.25, -0.2) is 4.79 Å². The highest BCUT2D eigenvalue weighted by Crippen LogP contribution is 2.45. The molecular formula is C17H17BrO4. The Bertz CT molecular complexity index is 818. The number of carbonyl (C=O) groups is 2. The van der Waals surface area contributed by atoms with E-state index in [0.29, 0.717) is 12.0 Å². The van der Waals surface area contributed by atoms with Gasteiger partial charge >= 0.3 is 5.97 Å². The molecule has 0 aliphatic heterocycles. The number of carboxylic acid groups (broad SMARTS) is 1. The number of fused-ring (bicyclic) bond motifs is 3. The lowest BCUT2D eigenvalue weighted by molar-refractivity contribution is 0.0664. The summed E-state index contributed by atoms with van der Waals surface area (Å²) in [6.45, 7) is 5.82. The van der Waals surface area contributed by atoms with Gasteiger partial charge in [0.2, 0.25) is 5.76 Å². The molecule has 0 radical (unpaired) electrons. The Kier molecular flexibility index (Phi) is 3.44. The predicted octanol–water partition coefficient (Wildman–Crippen LogP) is 4.42. The molecule has 1 unspecified atom stereocenters. The van der Waals surface area contributed by atoms with Gasteiger partial charge in [0.1, 0.15) is 5.58 Å². The van der Waals surface area contributed by atoms with Crippen LogP contribution >= 0.6 is 15.9 Å². The van der Waals surface area contributed by atoms with E-state index >= 15 is 0 Å². The summed E-state index contributed by atoms with van der Waals surface area (Å²) in [7, 11) is 0. The van der Waals surface area contributed by atoms with Crippen LogP contribution in [0.15, 0.2) is 10.5 Å². The minimum absolute atomic E-state index is 0.0825. The van der Waals surface area contributed by atoms with Gasteiger partial charge in [0.15, 0.2) is 5.78 Å². The number of hydrogen-bond donors (Lipinski definition) is 1. The van der Waals surface area contributed by atoms with E-state index in [2.05, 4.69) is 15.9 Å². The van der Waals surface area contributed by atoms with E-state index < -0.39 is 10.3 Å². The molecule has 5 heteroatoms. The zero-order chi connectivity index (χ0) is 16.2. The van der Waals surface area contributed by atoms with Crippen molar-refractivity contribution in [2.24, 2.45) is 0 Å². The van der Waals surface area contributed by atoms with Crippen LogP contribution in [0.1, 0.15) is 57.4 Å². The van der Waals surface area contributed by atoms with Gasteiger partial charge in [0, 0.05) is 10.9 Å². The van der Waals surface area contributed by atoms with Gasteiger partial charge in [-0.15, -0.1) is 0 Å². The number of carboxylic acids is 1. The van der Waals surface area contributed by atoms with Crippen LogP contribution in [0.4, 0.5) is 0 Å². The van der Waals surface area contributed by atoms with Gasteiger partial charge in [-0.05, 0) is 49.4 Å². The number of aromatic carboxylic acids is 1. The lowest BCUT2D eigenvalue weighted by Crippen LogP contribution is -2.28. The maximum atomic E-state index is 12.9. The van der Waals surface area contributed by atoms with Gasteiger partial charge in [0.25, 0.3) is 0 Å². The summed E-state index contributed by atoms with van der Waals surface area (Å²) in [5.74, 6) is -1.07. The minimum atomic E-state index is -1.09. The van der Waals surface area contributed by atoms with Crippen molar-refractivity contribution in [1.82, 2.24) is 0 Å². The van der Waals surface area contributed by atoms with Crippen LogP contribution in [0.5, 0.6) is 0 Å². The molecule has 1 N–H and O–H groups in total. The standard InChI is InChI=1S/C17H17BrO4/c1-4-5-17(18)7-11-10-6-12(16(20)21)22-14(10)9(3)8(2)13(11)15(17)19/h6H,4-5,7H2,1-3H3,(H,20,21). The summed E-state index contributed by atoms with van der Waals surface area (Å²) in [4.78, 5) is 24.1. The van der Waals surface area contributed by atoms with Crippen molar-refractivity contribution in [2.75, 3.05) is 0 Å². The molecule has 1 aliphatic rings. The molecule has 0 fully saturated rings. The Morgan fingerprint density at radius 2 is 2.09 bits per heavy atom. The highest BCUT2D eigenvalue weighted by atomic mass is 79.9. The smallest absolute Gasteiger partial charge is 0.371 e. The number of ketones is 1. The minimum Gasteiger partial charge on any atom is -0.475 e. The van der Waals surface area contributed by atoms with Gasteiger partial charge in [-0.2, -0.15) is 0 Å². The van der Waals surface area contributed by atoms with Gasteiger partial charge < -0.3 is 9.52 Å². The van der Waals surface area contributed by atoms with Crippen LogP contribution in [-0.2, 0) is 6.42 Å². The number of furan rings is 1. The van der Waals surface area contributed by atoms with Crippen molar-refractivity contribution in [1.29, 1.82) is 0 Å². The highest BCUT2D eigenvalue weighted by molar-refractivity contribution is 9.10. The molecule has 1 atom stereocenters. The topological polar surface area (TPSA) is 67.5 Å². The maximum Gasteiger partial charge on any atom is 0.371 e. The first-order chi connectivity index (χ1) is 10.3. The number of benzene rings is 1. The van der Waals surface area contributed by atoms with Crippen LogP contribution in [0.2, 0.25) is 0 Å². The summed E-state index contributed by atoms with van der Waals surface area (Å²) in [6, 6.07) is 1.54. The molecule has 0 saturated carbocycles. The zero-order valence-electron chi connectivity index (χ0n) is 12.7. The van der Waals surface area contributed by atoms with E-state index in [4.69, 9.17) is 9.52 Å². The predicted molar refractivity (Wildman–Crippen MR) is 87.2 cm³/mol. The number of rotatable bonds is 3. The molecule has 0 amide bonds. The van der Waals surface area contributed by atoms with Gasteiger partial charge in [-0.3, -0.25) is 4.79 Å². The lowest BCUT2D eigenvalue weighted by atomic mass is 9.95. The molecule has 3 rings (SSSR count). The Balaban J connectivity index is 2.32. The van der Waals surface area contributed by atoms with Gasteiger partial charge in [0.05, 0.1) is 4.32 Å². The van der Waals surface area contributed by atoms with Crippen LogP contribution in [0.3, 0.4) is 0 Å². The Hall–Kier alpha value is -1.62. The number of aryl methyl sites for hydroxylation is 1. The third-order valence-electron chi connectivity index (χ3n) is 4.59. The van der Waals surface area contributed by atoms with E-state index in [-0.39, 0.29) is 11.5 Å². The second kappa shape index (κ2) is 4.95. The van der Waals surface area contributed by atoms with E-state index in [1.165, 1.54) is 0 Å². The van der Waals surface area contributed by atoms with Crippen molar-refractivity contribution in [3.05, 3.63) is 34.1 Å². The molecule has 0 saturated heterocycles. The summed E-state index contributed by atoms with van der Waals surface area (Å²) < 4.78 is 4.93. The molecule has 22 heavy (non-hydrogen) atoms. The normalized spacial score (nSPS) is 20.6. The largest absolute Gasteiger partial charge is 0.475 e. The number of carbonyl (C=O) groups excluding carboxylic acids is 1. The summed E-state index contributed by atoms with van der Waals surface area (Å²) in [5.41, 5.74) is 3.94. The van der Waals surface area contributed by atoms with Gasteiger partial charge in [-0.1, -0.05) is 29.3 Å². The first-order valence-corrected chi connectivity index (χ1v) is 8.12. The van der Waals surface area contributed by atoms with E-state index in [1.807, 2.05) is 20.8 Å². The van der Waals surface area contributed by atoms with E-state index in [9.17, 15) is 9.59 Å². The van der Waals surface area contributed by atoms with Crippen molar-refractivity contribution in [3.63, 3.8) is 0 Å². The monoisotopic (exact) mass is 364 g/mol. The highest BCUT2D eigenvalue weighted by Gasteiger charge is 2.45. The van der Waals surface area contributed by atoms with Crippen LogP contribution in [-0.4, -0.2) is 21.2 Å². The fraction of sp³-hybridized carbons (Fsp3) is 0.412. The molecule has 1 aromatic carbocycles. The van der Waals surface area contributed by atoms with Crippen molar-refractivity contribution >= 4 is 38.7 Å². The van der Waals surface area contributed by atoms with Crippen molar-refractivity contribution in [2.45, 2.75) is 44.4 Å². The molecule has 0 spiro atoms. The molecular weight excluding hydrogens is 348 g/mol. The Labute approximate surface area is 136 Å². The lowest BCUT2D eigenvalue weighted by Gasteiger charge is -2.18. The van der Waals surface area contributed by atoms with Crippen LogP contribution in [0, 0.1) is 13.8 Å². The molecule has 116 valence electrons. The van der Waals surface area contributed by atoms with Crippen molar-refractivity contribution < 1.29 is 19.1 Å². The SMILES string of the molecule is CCCC1(Br)Cc2c(c(C)c(C)c3oc(C(=O)O)cc23)C1=O. The Morgan fingerprint density at radius 3 is 2.68 bits per heavy atom. The fourth-order valence-electron chi connectivity index (χ4n) is 3.39.